The largest absolute Gasteiger partial charge is 0.354 e. The summed E-state index contributed by atoms with van der Waals surface area (Å²) in [5.74, 6) is -0.358. The van der Waals surface area contributed by atoms with Crippen molar-refractivity contribution in [2.24, 2.45) is 0 Å². The van der Waals surface area contributed by atoms with Gasteiger partial charge in [-0.1, -0.05) is 29.3 Å². The molecule has 0 aliphatic heterocycles. The van der Waals surface area contributed by atoms with Gasteiger partial charge >= 0.3 is 0 Å². The zero-order chi connectivity index (χ0) is 20.6. The van der Waals surface area contributed by atoms with Gasteiger partial charge in [0.15, 0.2) is 0 Å². The first-order valence-electron chi connectivity index (χ1n) is 9.91. The van der Waals surface area contributed by atoms with Gasteiger partial charge in [0.25, 0.3) is 5.91 Å². The predicted octanol–water partition coefficient (Wildman–Crippen LogP) is 5.66. The number of carbonyl (C=O) groups is 2. The van der Waals surface area contributed by atoms with Gasteiger partial charge in [0.2, 0.25) is 5.91 Å². The number of amides is 2. The van der Waals surface area contributed by atoms with Gasteiger partial charge in [-0.2, -0.15) is 0 Å². The minimum absolute atomic E-state index is 0.151. The molecule has 0 spiro atoms. The van der Waals surface area contributed by atoms with Crippen molar-refractivity contribution in [3.05, 3.63) is 64.7 Å². The van der Waals surface area contributed by atoms with E-state index in [9.17, 15) is 9.59 Å². The maximum absolute atomic E-state index is 12.6. The van der Waals surface area contributed by atoms with Gasteiger partial charge in [-0.15, -0.1) is 0 Å². The summed E-state index contributed by atoms with van der Waals surface area (Å²) in [6, 6.07) is 12.5. The first-order chi connectivity index (χ1) is 14.0. The van der Waals surface area contributed by atoms with Crippen molar-refractivity contribution in [1.82, 2.24) is 5.32 Å². The Balaban J connectivity index is 1.69. The summed E-state index contributed by atoms with van der Waals surface area (Å²) in [5.41, 5.74) is 3.95. The van der Waals surface area contributed by atoms with Crippen molar-refractivity contribution in [2.75, 3.05) is 17.2 Å². The molecule has 1 aliphatic rings. The Bertz CT molecular complexity index is 924. The Morgan fingerprint density at radius 2 is 1.93 bits per heavy atom. The number of anilines is 3. The van der Waals surface area contributed by atoms with Crippen LogP contribution >= 0.6 is 11.6 Å². The molecule has 0 unspecified atom stereocenters. The lowest BCUT2D eigenvalue weighted by Crippen LogP contribution is -2.25. The minimum atomic E-state index is -0.207. The van der Waals surface area contributed by atoms with E-state index in [-0.39, 0.29) is 11.8 Å². The van der Waals surface area contributed by atoms with Crippen LogP contribution in [-0.2, 0) is 4.79 Å². The second-order valence-electron chi connectivity index (χ2n) is 7.19. The number of hydrogen-bond acceptors (Lipinski definition) is 3. The van der Waals surface area contributed by atoms with Gasteiger partial charge in [0, 0.05) is 29.7 Å². The predicted molar refractivity (Wildman–Crippen MR) is 119 cm³/mol. The van der Waals surface area contributed by atoms with E-state index in [4.69, 9.17) is 11.6 Å². The second-order valence-corrected chi connectivity index (χ2v) is 7.63. The number of benzene rings is 2. The molecule has 0 radical (unpaired) electrons. The van der Waals surface area contributed by atoms with E-state index in [1.54, 1.807) is 30.3 Å². The lowest BCUT2D eigenvalue weighted by Gasteiger charge is -2.15. The van der Waals surface area contributed by atoms with E-state index < -0.39 is 0 Å². The summed E-state index contributed by atoms with van der Waals surface area (Å²) < 4.78 is 0. The van der Waals surface area contributed by atoms with E-state index >= 15 is 0 Å². The maximum atomic E-state index is 12.6. The maximum Gasteiger partial charge on any atom is 0.251 e. The van der Waals surface area contributed by atoms with E-state index in [1.807, 2.05) is 12.1 Å². The van der Waals surface area contributed by atoms with Crippen molar-refractivity contribution < 1.29 is 9.59 Å². The van der Waals surface area contributed by atoms with Crippen LogP contribution in [0.3, 0.4) is 0 Å². The quantitative estimate of drug-likeness (QED) is 0.514. The van der Waals surface area contributed by atoms with E-state index in [0.717, 1.165) is 24.9 Å². The highest BCUT2D eigenvalue weighted by atomic mass is 35.5. The first kappa shape index (κ1) is 20.9. The molecule has 6 heteroatoms. The van der Waals surface area contributed by atoms with E-state index in [2.05, 4.69) is 22.0 Å². The van der Waals surface area contributed by atoms with Crippen LogP contribution in [0.25, 0.3) is 0 Å². The third kappa shape index (κ3) is 6.36. The summed E-state index contributed by atoms with van der Waals surface area (Å²) in [6.45, 7) is 2.05. The molecule has 0 fully saturated rings. The first-order valence-corrected chi connectivity index (χ1v) is 10.3. The van der Waals surface area contributed by atoms with Crippen molar-refractivity contribution in [1.29, 1.82) is 0 Å². The smallest absolute Gasteiger partial charge is 0.251 e. The molecule has 5 nitrogen and oxygen atoms in total. The second kappa shape index (κ2) is 10.1. The van der Waals surface area contributed by atoms with Crippen LogP contribution in [0.4, 0.5) is 17.1 Å². The topological polar surface area (TPSA) is 70.2 Å². The summed E-state index contributed by atoms with van der Waals surface area (Å²) in [5, 5.41) is 9.60. The highest BCUT2D eigenvalue weighted by Crippen LogP contribution is 2.28. The Morgan fingerprint density at radius 3 is 2.66 bits per heavy atom. The van der Waals surface area contributed by atoms with Crippen LogP contribution in [0, 0.1) is 0 Å². The van der Waals surface area contributed by atoms with Crippen LogP contribution in [0.15, 0.2) is 54.1 Å². The molecule has 0 atom stereocenters. The van der Waals surface area contributed by atoms with Crippen LogP contribution < -0.4 is 16.0 Å². The molecule has 2 aromatic rings. The van der Waals surface area contributed by atoms with Crippen molar-refractivity contribution >= 4 is 40.5 Å². The van der Waals surface area contributed by atoms with Gasteiger partial charge in [0.05, 0.1) is 11.4 Å². The van der Waals surface area contributed by atoms with Gasteiger partial charge in [0.1, 0.15) is 0 Å². The fourth-order valence-electron chi connectivity index (χ4n) is 3.38. The summed E-state index contributed by atoms with van der Waals surface area (Å²) in [6.07, 6.45) is 7.95. The van der Waals surface area contributed by atoms with Crippen LogP contribution in [-0.4, -0.2) is 18.4 Å². The molecule has 2 amide bonds. The number of carbonyl (C=O) groups excluding carboxylic acids is 2. The highest BCUT2D eigenvalue weighted by molar-refractivity contribution is 6.30. The van der Waals surface area contributed by atoms with Gasteiger partial charge in [-0.25, -0.2) is 0 Å². The number of nitrogens with one attached hydrogen (secondary N) is 3. The number of halogens is 1. The molecule has 0 saturated carbocycles. The molecular formula is C23H26ClN3O2. The van der Waals surface area contributed by atoms with Gasteiger partial charge in [-0.3, -0.25) is 9.59 Å². The van der Waals surface area contributed by atoms with Crippen LogP contribution in [0.2, 0.25) is 5.02 Å². The molecule has 152 valence electrons. The molecule has 0 saturated heterocycles. The third-order valence-electron chi connectivity index (χ3n) is 4.81. The molecular weight excluding hydrogens is 386 g/mol. The Kier molecular flexibility index (Phi) is 7.30. The van der Waals surface area contributed by atoms with Crippen molar-refractivity contribution in [3.63, 3.8) is 0 Å². The molecule has 0 aromatic heterocycles. The Morgan fingerprint density at radius 1 is 1.07 bits per heavy atom. The zero-order valence-corrected chi connectivity index (χ0v) is 17.3. The average molecular weight is 412 g/mol. The highest BCUT2D eigenvalue weighted by Gasteiger charge is 2.12. The number of hydrogen-bond donors (Lipinski definition) is 3. The summed E-state index contributed by atoms with van der Waals surface area (Å²) in [4.78, 5) is 24.2. The average Bonchev–Trinajstić information content (AvgIpc) is 2.69. The molecule has 3 rings (SSSR count). The molecule has 1 aliphatic carbocycles. The molecule has 29 heavy (non-hydrogen) atoms. The zero-order valence-electron chi connectivity index (χ0n) is 16.6. The SMILES string of the molecule is CC(=O)Nc1cc(C(=O)NCCC2=CCCCC2)ccc1Nc1cccc(Cl)c1. The fraction of sp³-hybridized carbons (Fsp3) is 0.304. The monoisotopic (exact) mass is 411 g/mol. The molecule has 0 heterocycles. The van der Waals surface area contributed by atoms with Crippen LogP contribution in [0.1, 0.15) is 49.4 Å². The number of allylic oxidation sites excluding steroid dienone is 1. The van der Waals surface area contributed by atoms with Crippen LogP contribution in [0.5, 0.6) is 0 Å². The summed E-state index contributed by atoms with van der Waals surface area (Å²) in [7, 11) is 0. The normalized spacial score (nSPS) is 13.4. The Hall–Kier alpha value is -2.79. The number of rotatable bonds is 7. The van der Waals surface area contributed by atoms with Gasteiger partial charge < -0.3 is 16.0 Å². The minimum Gasteiger partial charge on any atom is -0.354 e. The standard InChI is InChI=1S/C23H26ClN3O2/c1-16(28)26-22-14-18(23(29)25-13-12-17-6-3-2-4-7-17)10-11-21(22)27-20-9-5-8-19(24)15-20/h5-6,8-11,14-15,27H,2-4,7,12-13H2,1H3,(H,25,29)(H,26,28). The van der Waals surface area contributed by atoms with E-state index in [0.29, 0.717) is 28.5 Å². The molecule has 2 aromatic carbocycles. The Labute approximate surface area is 176 Å². The third-order valence-corrected chi connectivity index (χ3v) is 5.05. The van der Waals surface area contributed by atoms with Crippen molar-refractivity contribution in [2.45, 2.75) is 39.0 Å². The summed E-state index contributed by atoms with van der Waals surface area (Å²) >= 11 is 6.04. The van der Waals surface area contributed by atoms with Gasteiger partial charge in [-0.05, 0) is 68.5 Å². The fourth-order valence-corrected chi connectivity index (χ4v) is 3.57. The van der Waals surface area contributed by atoms with E-state index in [1.165, 1.54) is 25.3 Å². The lowest BCUT2D eigenvalue weighted by molar-refractivity contribution is -0.114. The molecule has 3 N–H and O–H groups in total. The van der Waals surface area contributed by atoms with Crippen molar-refractivity contribution in [3.8, 4) is 0 Å². The lowest BCUT2D eigenvalue weighted by atomic mass is 9.97. The molecule has 0 bridgehead atoms.